The first-order valence-corrected chi connectivity index (χ1v) is 7.02. The lowest BCUT2D eigenvalue weighted by Crippen LogP contribution is -2.57. The Hall–Kier alpha value is -2.12. The topological polar surface area (TPSA) is 66.4 Å². The molecule has 22 heavy (non-hydrogen) atoms. The van der Waals surface area contributed by atoms with Crippen LogP contribution >= 0.6 is 0 Å². The fourth-order valence-electron chi connectivity index (χ4n) is 3.36. The van der Waals surface area contributed by atoms with Crippen molar-refractivity contribution in [2.45, 2.75) is 18.8 Å². The summed E-state index contributed by atoms with van der Waals surface area (Å²) in [5, 5.41) is 7.16. The third-order valence-electron chi connectivity index (χ3n) is 4.36. The molecule has 3 rings (SSSR count). The van der Waals surface area contributed by atoms with Crippen LogP contribution in [0.2, 0.25) is 0 Å². The second-order valence-electron chi connectivity index (χ2n) is 6.08. The van der Waals surface area contributed by atoms with Crippen LogP contribution in [0.15, 0.2) is 18.5 Å². The van der Waals surface area contributed by atoms with Gasteiger partial charge in [-0.15, -0.1) is 0 Å². The van der Waals surface area contributed by atoms with Gasteiger partial charge in [-0.25, -0.2) is 8.78 Å². The molecule has 2 aliphatic rings. The van der Waals surface area contributed by atoms with Gasteiger partial charge in [-0.2, -0.15) is 10.2 Å². The minimum absolute atomic E-state index is 0.0208. The quantitative estimate of drug-likeness (QED) is 0.770. The Morgan fingerprint density at radius 1 is 1.32 bits per heavy atom. The maximum Gasteiger partial charge on any atom is 0.266 e. The molecule has 2 saturated heterocycles. The van der Waals surface area contributed by atoms with Gasteiger partial charge in [0.15, 0.2) is 0 Å². The van der Waals surface area contributed by atoms with E-state index >= 15 is 0 Å². The Morgan fingerprint density at radius 3 is 2.68 bits per heavy atom. The maximum atomic E-state index is 14.1. The van der Waals surface area contributed by atoms with Crippen molar-refractivity contribution in [1.29, 1.82) is 0 Å². The second-order valence-corrected chi connectivity index (χ2v) is 6.08. The number of carbonyl (C=O) groups excluding carboxylic acids is 2. The Morgan fingerprint density at radius 2 is 2.09 bits per heavy atom. The summed E-state index contributed by atoms with van der Waals surface area (Å²) in [4.78, 5) is 27.2. The van der Waals surface area contributed by atoms with E-state index in [1.54, 1.807) is 7.05 Å². The van der Waals surface area contributed by atoms with E-state index in [9.17, 15) is 18.4 Å². The molecule has 2 amide bonds. The molecule has 0 N–H and O–H groups in total. The monoisotopic (exact) mass is 310 g/mol. The molecule has 0 aromatic carbocycles. The zero-order valence-electron chi connectivity index (χ0n) is 12.1. The number of carbonyl (C=O) groups is 2. The van der Waals surface area contributed by atoms with Crippen LogP contribution in [0, 0.1) is 5.41 Å². The van der Waals surface area contributed by atoms with E-state index in [2.05, 4.69) is 10.2 Å². The summed E-state index contributed by atoms with van der Waals surface area (Å²) in [7, 11) is 1.60. The Labute approximate surface area is 126 Å². The van der Waals surface area contributed by atoms with Gasteiger partial charge in [0.05, 0.1) is 29.9 Å². The first kappa shape index (κ1) is 14.8. The first-order chi connectivity index (χ1) is 10.3. The van der Waals surface area contributed by atoms with Crippen molar-refractivity contribution >= 4 is 11.8 Å². The maximum absolute atomic E-state index is 14.1. The van der Waals surface area contributed by atoms with Gasteiger partial charge in [-0.1, -0.05) is 0 Å². The number of rotatable bonds is 1. The lowest BCUT2D eigenvalue weighted by atomic mass is 9.77. The SMILES string of the molecule is CN1CCC2(CN(C(=O)c3ccnnc3)CC(F)(F)C2)C1=O. The number of likely N-dealkylation sites (tertiary alicyclic amines) is 2. The van der Waals surface area contributed by atoms with Gasteiger partial charge in [0, 0.05) is 26.6 Å². The van der Waals surface area contributed by atoms with Crippen molar-refractivity contribution in [2.75, 3.05) is 26.7 Å². The molecule has 0 saturated carbocycles. The van der Waals surface area contributed by atoms with Crippen LogP contribution in [0.3, 0.4) is 0 Å². The minimum atomic E-state index is -3.07. The second kappa shape index (κ2) is 4.96. The number of hydrogen-bond acceptors (Lipinski definition) is 4. The molecule has 2 fully saturated rings. The van der Waals surface area contributed by atoms with Crippen molar-refractivity contribution < 1.29 is 18.4 Å². The Balaban J connectivity index is 1.90. The largest absolute Gasteiger partial charge is 0.345 e. The molecule has 1 aromatic rings. The highest BCUT2D eigenvalue weighted by Crippen LogP contribution is 2.45. The third kappa shape index (κ3) is 2.42. The van der Waals surface area contributed by atoms with E-state index in [0.717, 1.165) is 4.90 Å². The van der Waals surface area contributed by atoms with Gasteiger partial charge >= 0.3 is 0 Å². The molecule has 0 radical (unpaired) electrons. The summed E-state index contributed by atoms with van der Waals surface area (Å²) in [5.41, 5.74) is -0.978. The fourth-order valence-corrected chi connectivity index (χ4v) is 3.36. The van der Waals surface area contributed by atoms with Gasteiger partial charge in [0.1, 0.15) is 0 Å². The van der Waals surface area contributed by atoms with E-state index in [0.29, 0.717) is 13.0 Å². The number of nitrogens with zero attached hydrogens (tertiary/aromatic N) is 4. The summed E-state index contributed by atoms with van der Waals surface area (Å²) < 4.78 is 28.3. The van der Waals surface area contributed by atoms with Crippen LogP contribution in [-0.2, 0) is 4.79 Å². The van der Waals surface area contributed by atoms with E-state index in [1.165, 1.54) is 23.4 Å². The number of hydrogen-bond donors (Lipinski definition) is 0. The summed E-state index contributed by atoms with van der Waals surface area (Å²) in [5.74, 6) is -3.93. The Kier molecular flexibility index (Phi) is 3.34. The highest BCUT2D eigenvalue weighted by molar-refractivity contribution is 5.95. The van der Waals surface area contributed by atoms with E-state index in [4.69, 9.17) is 0 Å². The molecule has 118 valence electrons. The molecule has 0 bridgehead atoms. The molecular formula is C14H16F2N4O2. The lowest BCUT2D eigenvalue weighted by molar-refractivity contribution is -0.150. The van der Waals surface area contributed by atoms with Crippen LogP contribution < -0.4 is 0 Å². The van der Waals surface area contributed by atoms with E-state index in [-0.39, 0.29) is 18.0 Å². The van der Waals surface area contributed by atoms with Gasteiger partial charge in [-0.05, 0) is 12.5 Å². The minimum Gasteiger partial charge on any atom is -0.345 e. The Bertz CT molecular complexity index is 610. The summed E-state index contributed by atoms with van der Waals surface area (Å²) in [6, 6.07) is 1.43. The molecule has 6 nitrogen and oxygen atoms in total. The fraction of sp³-hybridized carbons (Fsp3) is 0.571. The summed E-state index contributed by atoms with van der Waals surface area (Å²) in [6.45, 7) is -0.215. The zero-order valence-corrected chi connectivity index (χ0v) is 12.1. The predicted octanol–water partition coefficient (Wildman–Crippen LogP) is 0.806. The van der Waals surface area contributed by atoms with Crippen LogP contribution in [-0.4, -0.2) is 64.4 Å². The van der Waals surface area contributed by atoms with Crippen LogP contribution in [0.4, 0.5) is 8.78 Å². The normalized spacial score (nSPS) is 27.5. The molecule has 2 aliphatic heterocycles. The van der Waals surface area contributed by atoms with Crippen molar-refractivity contribution in [3.8, 4) is 0 Å². The van der Waals surface area contributed by atoms with Gasteiger partial charge in [0.25, 0.3) is 11.8 Å². The van der Waals surface area contributed by atoms with Gasteiger partial charge in [0.2, 0.25) is 5.91 Å². The third-order valence-corrected chi connectivity index (χ3v) is 4.36. The number of halogens is 2. The van der Waals surface area contributed by atoms with E-state index < -0.39 is 30.2 Å². The molecule has 1 spiro atoms. The number of alkyl halides is 2. The van der Waals surface area contributed by atoms with Crippen molar-refractivity contribution in [3.63, 3.8) is 0 Å². The number of amides is 2. The highest BCUT2D eigenvalue weighted by atomic mass is 19.3. The molecule has 1 aromatic heterocycles. The number of piperidine rings is 1. The molecule has 3 heterocycles. The molecule has 1 atom stereocenters. The van der Waals surface area contributed by atoms with Crippen molar-refractivity contribution in [3.05, 3.63) is 24.0 Å². The van der Waals surface area contributed by atoms with Crippen LogP contribution in [0.1, 0.15) is 23.2 Å². The van der Waals surface area contributed by atoms with Gasteiger partial charge in [-0.3, -0.25) is 9.59 Å². The standard InChI is InChI=1S/C14H16F2N4O2/c1-19-5-3-13(12(19)22)7-14(15,16)9-20(8-13)11(21)10-2-4-17-18-6-10/h2,4,6H,3,5,7-9H2,1H3. The molecule has 1 unspecified atom stereocenters. The van der Waals surface area contributed by atoms with Crippen LogP contribution in [0.5, 0.6) is 0 Å². The summed E-state index contributed by atoms with van der Waals surface area (Å²) >= 11 is 0. The van der Waals surface area contributed by atoms with Crippen molar-refractivity contribution in [1.82, 2.24) is 20.0 Å². The van der Waals surface area contributed by atoms with E-state index in [1.807, 2.05) is 0 Å². The van der Waals surface area contributed by atoms with Crippen molar-refractivity contribution in [2.24, 2.45) is 5.41 Å². The predicted molar refractivity (Wildman–Crippen MR) is 72.2 cm³/mol. The number of aromatic nitrogens is 2. The lowest BCUT2D eigenvalue weighted by Gasteiger charge is -2.42. The molecule has 8 heteroatoms. The molecule has 0 aliphatic carbocycles. The molecular weight excluding hydrogens is 294 g/mol. The average Bonchev–Trinajstić information content (AvgIpc) is 2.74. The first-order valence-electron chi connectivity index (χ1n) is 7.02. The summed E-state index contributed by atoms with van der Waals surface area (Å²) in [6.07, 6.45) is 2.42. The average molecular weight is 310 g/mol. The smallest absolute Gasteiger partial charge is 0.266 e. The van der Waals surface area contributed by atoms with Gasteiger partial charge < -0.3 is 9.80 Å². The highest BCUT2D eigenvalue weighted by Gasteiger charge is 2.57. The zero-order chi connectivity index (χ0) is 16.0. The van der Waals surface area contributed by atoms with Crippen LogP contribution in [0.25, 0.3) is 0 Å².